The highest BCUT2D eigenvalue weighted by Crippen LogP contribution is 2.30. The zero-order valence-electron chi connectivity index (χ0n) is 11.5. The summed E-state index contributed by atoms with van der Waals surface area (Å²) in [4.78, 5) is 2.07. The summed E-state index contributed by atoms with van der Waals surface area (Å²) in [5.41, 5.74) is 0.780. The Balaban J connectivity index is 1.71. The van der Waals surface area contributed by atoms with Crippen LogP contribution in [0, 0.1) is 5.92 Å². The molecule has 0 amide bonds. The van der Waals surface area contributed by atoms with E-state index in [9.17, 15) is 17.2 Å². The minimum Gasteiger partial charge on any atom is -0.381 e. The SMILES string of the molecule is O=S(=O)(c1ccc(NC2CN3CCC2CC3)cc1)C(F)F. The molecule has 1 aromatic carbocycles. The van der Waals surface area contributed by atoms with Crippen LogP contribution in [0.25, 0.3) is 0 Å². The molecule has 4 nitrogen and oxygen atoms in total. The van der Waals surface area contributed by atoms with E-state index in [0.717, 1.165) is 25.3 Å². The van der Waals surface area contributed by atoms with Crippen molar-refractivity contribution in [2.45, 2.75) is 29.5 Å². The average Bonchev–Trinajstić information content (AvgIpc) is 2.49. The second-order valence-corrected chi connectivity index (χ2v) is 7.64. The van der Waals surface area contributed by atoms with Gasteiger partial charge in [0, 0.05) is 18.3 Å². The molecule has 1 N–H and O–H groups in total. The van der Waals surface area contributed by atoms with Gasteiger partial charge < -0.3 is 10.2 Å². The highest BCUT2D eigenvalue weighted by molar-refractivity contribution is 7.91. The van der Waals surface area contributed by atoms with Gasteiger partial charge in [-0.1, -0.05) is 0 Å². The molecule has 0 aliphatic carbocycles. The first-order valence-corrected chi connectivity index (χ1v) is 8.62. The molecule has 1 aromatic rings. The molecule has 3 saturated heterocycles. The van der Waals surface area contributed by atoms with Gasteiger partial charge in [0.15, 0.2) is 0 Å². The summed E-state index contributed by atoms with van der Waals surface area (Å²) in [6.45, 7) is 3.28. The lowest BCUT2D eigenvalue weighted by molar-refractivity contribution is 0.0975. The van der Waals surface area contributed by atoms with E-state index in [1.54, 1.807) is 12.1 Å². The molecule has 7 heteroatoms. The van der Waals surface area contributed by atoms with Crippen molar-refractivity contribution in [2.24, 2.45) is 5.92 Å². The molecule has 1 unspecified atom stereocenters. The standard InChI is InChI=1S/C14H18F2N2O2S/c15-14(16)21(19,20)12-3-1-11(2-4-12)17-13-9-18-7-5-10(13)6-8-18/h1-4,10,13-14,17H,5-9H2. The summed E-state index contributed by atoms with van der Waals surface area (Å²) < 4.78 is 47.6. The Hall–Kier alpha value is -1.21. The summed E-state index contributed by atoms with van der Waals surface area (Å²) >= 11 is 0. The fraction of sp³-hybridized carbons (Fsp3) is 0.571. The Morgan fingerprint density at radius 3 is 2.24 bits per heavy atom. The zero-order chi connectivity index (χ0) is 15.0. The van der Waals surface area contributed by atoms with Gasteiger partial charge in [-0.05, 0) is 56.1 Å². The largest absolute Gasteiger partial charge is 0.381 e. The van der Waals surface area contributed by atoms with Gasteiger partial charge in [0.25, 0.3) is 0 Å². The third kappa shape index (κ3) is 2.89. The van der Waals surface area contributed by atoms with Gasteiger partial charge >= 0.3 is 5.76 Å². The first-order chi connectivity index (χ1) is 9.96. The van der Waals surface area contributed by atoms with Gasteiger partial charge in [-0.25, -0.2) is 8.42 Å². The minimum atomic E-state index is -4.50. The Kier molecular flexibility index (Phi) is 3.88. The molecule has 0 radical (unpaired) electrons. The second kappa shape index (κ2) is 5.53. The molecule has 4 rings (SSSR count). The summed E-state index contributed by atoms with van der Waals surface area (Å²) in [5.74, 6) is -2.74. The fourth-order valence-electron chi connectivity index (χ4n) is 3.19. The summed E-state index contributed by atoms with van der Waals surface area (Å²) in [6.07, 6.45) is 2.35. The van der Waals surface area contributed by atoms with Crippen molar-refractivity contribution in [3.8, 4) is 0 Å². The first kappa shape index (κ1) is 14.7. The molecule has 21 heavy (non-hydrogen) atoms. The number of nitrogens with zero attached hydrogens (tertiary/aromatic N) is 1. The molecule has 0 saturated carbocycles. The van der Waals surface area contributed by atoms with Gasteiger partial charge in [0.1, 0.15) is 0 Å². The van der Waals surface area contributed by atoms with Crippen molar-refractivity contribution in [3.63, 3.8) is 0 Å². The van der Waals surface area contributed by atoms with Crippen LogP contribution in [0.4, 0.5) is 14.5 Å². The van der Waals surface area contributed by atoms with Gasteiger partial charge in [-0.15, -0.1) is 0 Å². The van der Waals surface area contributed by atoms with Crippen LogP contribution in [-0.2, 0) is 9.84 Å². The van der Waals surface area contributed by atoms with Crippen LogP contribution >= 0.6 is 0 Å². The number of anilines is 1. The van der Waals surface area contributed by atoms with Crippen molar-refractivity contribution in [2.75, 3.05) is 25.0 Å². The van der Waals surface area contributed by atoms with Crippen LogP contribution in [0.5, 0.6) is 0 Å². The summed E-state index contributed by atoms with van der Waals surface area (Å²) in [5, 5.41) is 3.40. The molecular formula is C14H18F2N2O2S. The number of hydrogen-bond donors (Lipinski definition) is 1. The topological polar surface area (TPSA) is 49.4 Å². The van der Waals surface area contributed by atoms with E-state index in [1.165, 1.54) is 25.0 Å². The van der Waals surface area contributed by atoms with Crippen LogP contribution in [0.3, 0.4) is 0 Å². The maximum Gasteiger partial charge on any atom is 0.341 e. The average molecular weight is 316 g/mol. The van der Waals surface area contributed by atoms with Gasteiger partial charge in [-0.3, -0.25) is 0 Å². The molecule has 0 spiro atoms. The van der Waals surface area contributed by atoms with Crippen LogP contribution in [0.1, 0.15) is 12.8 Å². The molecule has 0 aromatic heterocycles. The maximum atomic E-state index is 12.5. The highest BCUT2D eigenvalue weighted by Gasteiger charge is 2.34. The lowest BCUT2D eigenvalue weighted by Crippen LogP contribution is -2.53. The quantitative estimate of drug-likeness (QED) is 0.925. The molecule has 116 valence electrons. The van der Waals surface area contributed by atoms with E-state index >= 15 is 0 Å². The monoisotopic (exact) mass is 316 g/mol. The van der Waals surface area contributed by atoms with E-state index in [4.69, 9.17) is 0 Å². The van der Waals surface area contributed by atoms with E-state index < -0.39 is 15.6 Å². The zero-order valence-corrected chi connectivity index (χ0v) is 12.3. The molecule has 3 fully saturated rings. The number of hydrogen-bond acceptors (Lipinski definition) is 4. The van der Waals surface area contributed by atoms with Crippen molar-refractivity contribution < 1.29 is 17.2 Å². The third-order valence-electron chi connectivity index (χ3n) is 4.43. The van der Waals surface area contributed by atoms with E-state index in [0.29, 0.717) is 12.0 Å². The fourth-order valence-corrected chi connectivity index (χ4v) is 3.91. The predicted octanol–water partition coefficient (Wildman–Crippen LogP) is 2.19. The Bertz CT molecular complexity index is 596. The summed E-state index contributed by atoms with van der Waals surface area (Å²) in [6, 6.07) is 5.96. The lowest BCUT2D eigenvalue weighted by Gasteiger charge is -2.45. The normalized spacial score (nSPS) is 28.8. The van der Waals surface area contributed by atoms with Crippen LogP contribution in [-0.4, -0.2) is 44.8 Å². The third-order valence-corrected chi connectivity index (χ3v) is 5.82. The number of nitrogens with one attached hydrogen (secondary N) is 1. The van der Waals surface area contributed by atoms with E-state index in [2.05, 4.69) is 10.2 Å². The summed E-state index contributed by atoms with van der Waals surface area (Å²) in [7, 11) is -4.50. The van der Waals surface area contributed by atoms with Crippen LogP contribution < -0.4 is 5.32 Å². The van der Waals surface area contributed by atoms with Crippen molar-refractivity contribution in [3.05, 3.63) is 24.3 Å². The molecule has 3 aliphatic rings. The number of sulfone groups is 1. The van der Waals surface area contributed by atoms with Crippen molar-refractivity contribution >= 4 is 15.5 Å². The number of alkyl halides is 2. The number of halogens is 2. The highest BCUT2D eigenvalue weighted by atomic mass is 32.2. The molecular weight excluding hydrogens is 298 g/mol. The Morgan fingerprint density at radius 2 is 1.76 bits per heavy atom. The van der Waals surface area contributed by atoms with E-state index in [-0.39, 0.29) is 4.90 Å². The van der Waals surface area contributed by atoms with Gasteiger partial charge in [-0.2, -0.15) is 8.78 Å². The van der Waals surface area contributed by atoms with Crippen LogP contribution in [0.2, 0.25) is 0 Å². The number of piperidine rings is 3. The van der Waals surface area contributed by atoms with Crippen molar-refractivity contribution in [1.82, 2.24) is 4.90 Å². The number of benzene rings is 1. The maximum absolute atomic E-state index is 12.5. The van der Waals surface area contributed by atoms with E-state index in [1.807, 2.05) is 0 Å². The molecule has 3 aliphatic heterocycles. The number of fused-ring (bicyclic) bond motifs is 3. The van der Waals surface area contributed by atoms with Crippen molar-refractivity contribution in [1.29, 1.82) is 0 Å². The Labute approximate surface area is 123 Å². The molecule has 3 heterocycles. The minimum absolute atomic E-state index is 0.336. The lowest BCUT2D eigenvalue weighted by atomic mass is 9.84. The first-order valence-electron chi connectivity index (χ1n) is 7.08. The van der Waals surface area contributed by atoms with Gasteiger partial charge in [0.2, 0.25) is 9.84 Å². The predicted molar refractivity (Wildman–Crippen MR) is 76.2 cm³/mol. The smallest absolute Gasteiger partial charge is 0.341 e. The number of rotatable bonds is 4. The molecule has 2 bridgehead atoms. The van der Waals surface area contributed by atoms with Crippen LogP contribution in [0.15, 0.2) is 29.2 Å². The van der Waals surface area contributed by atoms with Gasteiger partial charge in [0.05, 0.1) is 4.90 Å². The Morgan fingerprint density at radius 1 is 1.14 bits per heavy atom. The molecule has 1 atom stereocenters. The second-order valence-electron chi connectivity index (χ2n) is 5.72.